The second-order valence-corrected chi connectivity index (χ2v) is 4.64. The molecule has 0 amide bonds. The molecule has 1 heterocycles. The van der Waals surface area contributed by atoms with Crippen molar-refractivity contribution < 1.29 is 5.11 Å². The Labute approximate surface area is 101 Å². The van der Waals surface area contributed by atoms with Crippen LogP contribution in [0.4, 0.5) is 5.95 Å². The predicted molar refractivity (Wildman–Crippen MR) is 67.4 cm³/mol. The van der Waals surface area contributed by atoms with Gasteiger partial charge in [-0.3, -0.25) is 5.41 Å². The minimum Gasteiger partial charge on any atom is -0.394 e. The molecule has 0 saturated carbocycles. The molecule has 0 aliphatic carbocycles. The predicted octanol–water partition coefficient (Wildman–Crippen LogP) is 0.276. The number of nitrogens with one attached hydrogen (secondary N) is 1. The zero-order chi connectivity index (χ0) is 13.2. The number of amidine groups is 1. The van der Waals surface area contributed by atoms with Gasteiger partial charge in [0, 0.05) is 12.7 Å². The summed E-state index contributed by atoms with van der Waals surface area (Å²) < 4.78 is 0. The molecule has 0 aliphatic heterocycles. The SMILES string of the molecule is Cc1cc(C(=N)N)nc(N(C)C(C)(C)CO)n1. The highest BCUT2D eigenvalue weighted by molar-refractivity contribution is 5.93. The first-order chi connectivity index (χ1) is 7.77. The summed E-state index contributed by atoms with van der Waals surface area (Å²) in [4.78, 5) is 10.3. The van der Waals surface area contributed by atoms with Crippen LogP contribution in [0.25, 0.3) is 0 Å². The zero-order valence-corrected chi connectivity index (χ0v) is 10.7. The lowest BCUT2D eigenvalue weighted by Crippen LogP contribution is -2.45. The molecule has 0 saturated heterocycles. The second kappa shape index (κ2) is 4.67. The van der Waals surface area contributed by atoms with Gasteiger partial charge in [-0.15, -0.1) is 0 Å². The van der Waals surface area contributed by atoms with Crippen molar-refractivity contribution in [2.24, 2.45) is 5.73 Å². The molecule has 0 fully saturated rings. The van der Waals surface area contributed by atoms with Gasteiger partial charge in [-0.05, 0) is 26.8 Å². The van der Waals surface area contributed by atoms with Crippen LogP contribution >= 0.6 is 0 Å². The molecule has 4 N–H and O–H groups in total. The lowest BCUT2D eigenvalue weighted by atomic mass is 10.1. The molecule has 1 aromatic heterocycles. The van der Waals surface area contributed by atoms with E-state index in [4.69, 9.17) is 11.1 Å². The van der Waals surface area contributed by atoms with Crippen LogP contribution in [-0.4, -0.2) is 40.1 Å². The maximum atomic E-state index is 9.31. The van der Waals surface area contributed by atoms with Crippen molar-refractivity contribution in [2.75, 3.05) is 18.6 Å². The molecule has 0 bridgehead atoms. The Hall–Kier alpha value is -1.69. The Morgan fingerprint density at radius 3 is 2.59 bits per heavy atom. The fraction of sp³-hybridized carbons (Fsp3) is 0.545. The molecule has 17 heavy (non-hydrogen) atoms. The molecule has 1 aromatic rings. The summed E-state index contributed by atoms with van der Waals surface area (Å²) in [6.45, 7) is 5.56. The lowest BCUT2D eigenvalue weighted by molar-refractivity contribution is 0.215. The van der Waals surface area contributed by atoms with Crippen molar-refractivity contribution in [1.29, 1.82) is 5.41 Å². The van der Waals surface area contributed by atoms with E-state index in [1.165, 1.54) is 0 Å². The summed E-state index contributed by atoms with van der Waals surface area (Å²) in [6, 6.07) is 1.66. The summed E-state index contributed by atoms with van der Waals surface area (Å²) in [7, 11) is 1.80. The van der Waals surface area contributed by atoms with Crippen LogP contribution in [0.5, 0.6) is 0 Å². The highest BCUT2D eigenvalue weighted by atomic mass is 16.3. The second-order valence-electron chi connectivity index (χ2n) is 4.64. The first-order valence-electron chi connectivity index (χ1n) is 5.32. The van der Waals surface area contributed by atoms with Gasteiger partial charge >= 0.3 is 0 Å². The molecule has 0 spiro atoms. The molecule has 0 atom stereocenters. The number of nitrogens with zero attached hydrogens (tertiary/aromatic N) is 3. The van der Waals surface area contributed by atoms with Crippen LogP contribution in [0.2, 0.25) is 0 Å². The summed E-state index contributed by atoms with van der Waals surface area (Å²) in [6.07, 6.45) is 0. The fourth-order valence-electron chi connectivity index (χ4n) is 1.22. The number of hydrogen-bond donors (Lipinski definition) is 3. The Bertz CT molecular complexity index is 430. The summed E-state index contributed by atoms with van der Waals surface area (Å²) in [5, 5.41) is 16.7. The molecule has 0 unspecified atom stereocenters. The van der Waals surface area contributed by atoms with Crippen molar-refractivity contribution in [2.45, 2.75) is 26.3 Å². The van der Waals surface area contributed by atoms with Gasteiger partial charge in [0.25, 0.3) is 0 Å². The van der Waals surface area contributed by atoms with Gasteiger partial charge in [0.05, 0.1) is 12.1 Å². The molecule has 0 aliphatic rings. The smallest absolute Gasteiger partial charge is 0.226 e. The number of likely N-dealkylation sites (N-methyl/N-ethyl adjacent to an activating group) is 1. The number of nitrogen functional groups attached to an aromatic ring is 1. The minimum atomic E-state index is -0.470. The number of rotatable bonds is 4. The van der Waals surface area contributed by atoms with Gasteiger partial charge in [0.15, 0.2) is 0 Å². The zero-order valence-electron chi connectivity index (χ0n) is 10.7. The highest BCUT2D eigenvalue weighted by Gasteiger charge is 2.25. The third-order valence-corrected chi connectivity index (χ3v) is 2.71. The monoisotopic (exact) mass is 237 g/mol. The first-order valence-corrected chi connectivity index (χ1v) is 5.32. The number of anilines is 1. The Morgan fingerprint density at radius 1 is 1.53 bits per heavy atom. The van der Waals surface area contributed by atoms with E-state index >= 15 is 0 Å². The van der Waals surface area contributed by atoms with Crippen LogP contribution < -0.4 is 10.6 Å². The number of hydrogen-bond acceptors (Lipinski definition) is 5. The number of nitrogens with two attached hydrogens (primary N) is 1. The van der Waals surface area contributed by atoms with Crippen molar-refractivity contribution in [3.05, 3.63) is 17.5 Å². The number of aliphatic hydroxyl groups excluding tert-OH is 1. The number of aromatic nitrogens is 2. The van der Waals surface area contributed by atoms with Crippen molar-refractivity contribution in [3.63, 3.8) is 0 Å². The van der Waals surface area contributed by atoms with E-state index in [1.54, 1.807) is 18.0 Å². The molecular formula is C11H19N5O. The van der Waals surface area contributed by atoms with Crippen LogP contribution in [0.3, 0.4) is 0 Å². The van der Waals surface area contributed by atoms with Gasteiger partial charge in [0.1, 0.15) is 11.5 Å². The van der Waals surface area contributed by atoms with E-state index in [0.717, 1.165) is 5.69 Å². The molecule has 0 radical (unpaired) electrons. The van der Waals surface area contributed by atoms with Crippen LogP contribution in [0.1, 0.15) is 25.2 Å². The Kier molecular flexibility index (Phi) is 3.67. The average molecular weight is 237 g/mol. The maximum Gasteiger partial charge on any atom is 0.226 e. The average Bonchev–Trinajstić information content (AvgIpc) is 2.27. The molecule has 6 nitrogen and oxygen atoms in total. The van der Waals surface area contributed by atoms with E-state index in [-0.39, 0.29) is 12.4 Å². The Morgan fingerprint density at radius 2 is 2.12 bits per heavy atom. The van der Waals surface area contributed by atoms with Crippen molar-refractivity contribution in [3.8, 4) is 0 Å². The molecule has 1 rings (SSSR count). The fourth-order valence-corrected chi connectivity index (χ4v) is 1.22. The van der Waals surface area contributed by atoms with Gasteiger partial charge < -0.3 is 15.7 Å². The van der Waals surface area contributed by atoms with E-state index in [1.807, 2.05) is 20.8 Å². The normalized spacial score (nSPS) is 11.4. The third kappa shape index (κ3) is 2.91. The van der Waals surface area contributed by atoms with E-state index < -0.39 is 5.54 Å². The largest absolute Gasteiger partial charge is 0.394 e. The van der Waals surface area contributed by atoms with Gasteiger partial charge in [-0.2, -0.15) is 0 Å². The summed E-state index contributed by atoms with van der Waals surface area (Å²) >= 11 is 0. The lowest BCUT2D eigenvalue weighted by Gasteiger charge is -2.34. The van der Waals surface area contributed by atoms with Crippen LogP contribution in [-0.2, 0) is 0 Å². The van der Waals surface area contributed by atoms with Crippen LogP contribution in [0.15, 0.2) is 6.07 Å². The summed E-state index contributed by atoms with van der Waals surface area (Å²) in [5.41, 5.74) is 6.08. The maximum absolute atomic E-state index is 9.31. The number of aliphatic hydroxyl groups is 1. The standard InChI is InChI=1S/C11H19N5O/c1-7-5-8(9(12)13)15-10(14-7)16(4)11(2,3)6-17/h5,17H,6H2,1-4H3,(H3,12,13). The van der Waals surface area contributed by atoms with Crippen molar-refractivity contribution >= 4 is 11.8 Å². The molecule has 94 valence electrons. The third-order valence-electron chi connectivity index (χ3n) is 2.71. The van der Waals surface area contributed by atoms with E-state index in [2.05, 4.69) is 9.97 Å². The highest BCUT2D eigenvalue weighted by Crippen LogP contribution is 2.18. The molecule has 0 aromatic carbocycles. The first kappa shape index (κ1) is 13.4. The van der Waals surface area contributed by atoms with E-state index in [0.29, 0.717) is 11.6 Å². The Balaban J connectivity index is 3.18. The van der Waals surface area contributed by atoms with Crippen LogP contribution in [0, 0.1) is 12.3 Å². The molecular weight excluding hydrogens is 218 g/mol. The van der Waals surface area contributed by atoms with E-state index in [9.17, 15) is 5.11 Å². The topological polar surface area (TPSA) is 99.1 Å². The van der Waals surface area contributed by atoms with Gasteiger partial charge in [-0.1, -0.05) is 0 Å². The number of aryl methyl sites for hydroxylation is 1. The summed E-state index contributed by atoms with van der Waals surface area (Å²) in [5.74, 6) is 0.362. The quantitative estimate of drug-likeness (QED) is 0.516. The van der Waals surface area contributed by atoms with Crippen molar-refractivity contribution in [1.82, 2.24) is 9.97 Å². The van der Waals surface area contributed by atoms with Gasteiger partial charge in [-0.25, -0.2) is 9.97 Å². The minimum absolute atomic E-state index is 0.0177. The van der Waals surface area contributed by atoms with Gasteiger partial charge in [0.2, 0.25) is 5.95 Å². The molecule has 6 heteroatoms.